The molecule has 3 rings (SSSR count). The third-order valence-electron chi connectivity index (χ3n) is 3.22. The molecule has 5 heteroatoms. The van der Waals surface area contributed by atoms with Crippen molar-refractivity contribution in [2.75, 3.05) is 32.1 Å². The molecule has 0 aromatic carbocycles. The molecule has 0 N–H and O–H groups in total. The predicted octanol–water partition coefficient (Wildman–Crippen LogP) is 3.03. The van der Waals surface area contributed by atoms with E-state index in [0.717, 1.165) is 31.1 Å². The van der Waals surface area contributed by atoms with E-state index in [9.17, 15) is 0 Å². The van der Waals surface area contributed by atoms with E-state index in [1.165, 1.54) is 9.79 Å². The maximum Gasteiger partial charge on any atom is 0.148 e. The number of aromatic nitrogens is 2. The topological polar surface area (TPSA) is 32.3 Å². The molecule has 0 aliphatic carbocycles. The van der Waals surface area contributed by atoms with Crippen molar-refractivity contribution in [3.05, 3.63) is 36.7 Å². The summed E-state index contributed by atoms with van der Waals surface area (Å²) in [6.45, 7) is 2.00. The van der Waals surface area contributed by atoms with E-state index in [1.54, 1.807) is 11.8 Å². The van der Waals surface area contributed by atoms with Gasteiger partial charge >= 0.3 is 0 Å². The summed E-state index contributed by atoms with van der Waals surface area (Å²) < 4.78 is 0. The molecular formula is C15H18N4S. The number of rotatable bonds is 4. The van der Waals surface area contributed by atoms with E-state index < -0.39 is 0 Å². The average molecular weight is 286 g/mol. The van der Waals surface area contributed by atoms with E-state index in [0.29, 0.717) is 0 Å². The first-order valence-corrected chi connectivity index (χ1v) is 7.57. The van der Waals surface area contributed by atoms with Crippen molar-refractivity contribution in [2.45, 2.75) is 16.2 Å². The van der Waals surface area contributed by atoms with Gasteiger partial charge in [0.1, 0.15) is 11.6 Å². The Balaban J connectivity index is 1.91. The predicted molar refractivity (Wildman–Crippen MR) is 82.8 cm³/mol. The number of hydrogen-bond donors (Lipinski definition) is 0. The molecule has 2 aromatic rings. The monoisotopic (exact) mass is 286 g/mol. The highest BCUT2D eigenvalue weighted by Crippen LogP contribution is 2.45. The van der Waals surface area contributed by atoms with Crippen molar-refractivity contribution in [1.82, 2.24) is 14.9 Å². The van der Waals surface area contributed by atoms with Crippen LogP contribution in [0.25, 0.3) is 0 Å². The smallest absolute Gasteiger partial charge is 0.148 e. The highest BCUT2D eigenvalue weighted by molar-refractivity contribution is 7.99. The Morgan fingerprint density at radius 3 is 2.20 bits per heavy atom. The lowest BCUT2D eigenvalue weighted by molar-refractivity contribution is 0.402. The van der Waals surface area contributed by atoms with Gasteiger partial charge in [0.15, 0.2) is 0 Å². The van der Waals surface area contributed by atoms with Crippen LogP contribution in [-0.2, 0) is 0 Å². The first-order valence-electron chi connectivity index (χ1n) is 6.76. The second-order valence-electron chi connectivity index (χ2n) is 5.06. The van der Waals surface area contributed by atoms with Crippen molar-refractivity contribution in [1.29, 1.82) is 0 Å². The van der Waals surface area contributed by atoms with Gasteiger partial charge in [-0.05, 0) is 51.3 Å². The quantitative estimate of drug-likeness (QED) is 0.862. The minimum atomic E-state index is 0.937. The molecule has 0 fully saturated rings. The molecule has 0 spiro atoms. The number of fused-ring (bicyclic) bond motifs is 2. The second kappa shape index (κ2) is 5.81. The Morgan fingerprint density at radius 2 is 1.65 bits per heavy atom. The largest absolute Gasteiger partial charge is 0.309 e. The van der Waals surface area contributed by atoms with Crippen molar-refractivity contribution in [2.24, 2.45) is 0 Å². The van der Waals surface area contributed by atoms with Crippen molar-refractivity contribution < 1.29 is 0 Å². The molecule has 1 aliphatic heterocycles. The van der Waals surface area contributed by atoms with Gasteiger partial charge in [-0.2, -0.15) is 0 Å². The van der Waals surface area contributed by atoms with Gasteiger partial charge in [0.2, 0.25) is 0 Å². The summed E-state index contributed by atoms with van der Waals surface area (Å²) in [5.41, 5.74) is 0. The van der Waals surface area contributed by atoms with Crippen LogP contribution in [0.2, 0.25) is 0 Å². The van der Waals surface area contributed by atoms with Crippen LogP contribution >= 0.6 is 11.8 Å². The van der Waals surface area contributed by atoms with Crippen molar-refractivity contribution >= 4 is 23.4 Å². The molecule has 0 unspecified atom stereocenters. The van der Waals surface area contributed by atoms with E-state index in [-0.39, 0.29) is 0 Å². The molecule has 20 heavy (non-hydrogen) atoms. The Labute approximate surface area is 123 Å². The highest BCUT2D eigenvalue weighted by Gasteiger charge is 2.24. The van der Waals surface area contributed by atoms with Crippen LogP contribution in [0.15, 0.2) is 46.5 Å². The summed E-state index contributed by atoms with van der Waals surface area (Å²) in [5.74, 6) is 2.06. The highest BCUT2D eigenvalue weighted by atomic mass is 32.2. The van der Waals surface area contributed by atoms with E-state index in [1.807, 2.05) is 24.5 Å². The zero-order valence-electron chi connectivity index (χ0n) is 11.8. The number of anilines is 2. The maximum absolute atomic E-state index is 4.55. The van der Waals surface area contributed by atoms with E-state index in [2.05, 4.69) is 46.0 Å². The number of nitrogens with zero attached hydrogens (tertiary/aromatic N) is 4. The molecule has 2 aromatic heterocycles. The number of hydrogen-bond acceptors (Lipinski definition) is 5. The van der Waals surface area contributed by atoms with Crippen LogP contribution in [0.4, 0.5) is 11.6 Å². The lowest BCUT2D eigenvalue weighted by Gasteiger charge is -2.30. The first kappa shape index (κ1) is 13.4. The van der Waals surface area contributed by atoms with Gasteiger partial charge in [-0.1, -0.05) is 11.8 Å². The molecule has 0 bridgehead atoms. The van der Waals surface area contributed by atoms with Crippen LogP contribution < -0.4 is 4.90 Å². The third-order valence-corrected chi connectivity index (χ3v) is 4.30. The third kappa shape index (κ3) is 2.64. The van der Waals surface area contributed by atoms with Gasteiger partial charge in [-0.15, -0.1) is 0 Å². The lowest BCUT2D eigenvalue weighted by atomic mass is 10.3. The molecule has 1 aliphatic rings. The van der Waals surface area contributed by atoms with E-state index in [4.69, 9.17) is 0 Å². The zero-order valence-corrected chi connectivity index (χ0v) is 12.6. The molecule has 0 amide bonds. The number of pyridine rings is 2. The fourth-order valence-electron chi connectivity index (χ4n) is 2.30. The summed E-state index contributed by atoms with van der Waals surface area (Å²) in [4.78, 5) is 16.0. The van der Waals surface area contributed by atoms with Gasteiger partial charge in [-0.3, -0.25) is 0 Å². The second-order valence-corrected chi connectivity index (χ2v) is 6.14. The minimum absolute atomic E-state index is 0.937. The normalized spacial score (nSPS) is 13.2. The van der Waals surface area contributed by atoms with Crippen LogP contribution in [0.5, 0.6) is 0 Å². The summed E-state index contributed by atoms with van der Waals surface area (Å²) in [6, 6.07) is 8.24. The van der Waals surface area contributed by atoms with Crippen molar-refractivity contribution in [3.8, 4) is 0 Å². The summed E-state index contributed by atoms with van der Waals surface area (Å²) in [7, 11) is 4.20. The van der Waals surface area contributed by atoms with Crippen LogP contribution in [0.1, 0.15) is 6.42 Å². The molecule has 4 nitrogen and oxygen atoms in total. The Hall–Kier alpha value is -1.59. The molecule has 0 atom stereocenters. The fourth-order valence-corrected chi connectivity index (χ4v) is 3.34. The van der Waals surface area contributed by atoms with Gasteiger partial charge in [0, 0.05) is 18.9 Å². The zero-order chi connectivity index (χ0) is 13.9. The van der Waals surface area contributed by atoms with Crippen LogP contribution in [-0.4, -0.2) is 42.1 Å². The summed E-state index contributed by atoms with van der Waals surface area (Å²) >= 11 is 1.75. The van der Waals surface area contributed by atoms with Crippen LogP contribution in [0.3, 0.4) is 0 Å². The van der Waals surface area contributed by atoms with Gasteiger partial charge in [0.25, 0.3) is 0 Å². The molecule has 0 radical (unpaired) electrons. The molecule has 0 saturated heterocycles. The lowest BCUT2D eigenvalue weighted by Crippen LogP contribution is -2.26. The Morgan fingerprint density at radius 1 is 1.05 bits per heavy atom. The van der Waals surface area contributed by atoms with E-state index >= 15 is 0 Å². The molecular weight excluding hydrogens is 268 g/mol. The Bertz CT molecular complexity index is 554. The molecule has 3 heterocycles. The molecule has 0 saturated carbocycles. The van der Waals surface area contributed by atoms with Gasteiger partial charge in [-0.25, -0.2) is 9.97 Å². The van der Waals surface area contributed by atoms with Gasteiger partial charge in [0.05, 0.1) is 9.79 Å². The maximum atomic E-state index is 4.55. The summed E-state index contributed by atoms with van der Waals surface area (Å²) in [5, 5.41) is 0. The average Bonchev–Trinajstić information content (AvgIpc) is 2.46. The van der Waals surface area contributed by atoms with Crippen molar-refractivity contribution in [3.63, 3.8) is 0 Å². The fraction of sp³-hybridized carbons (Fsp3) is 0.333. The first-order chi connectivity index (χ1) is 9.75. The van der Waals surface area contributed by atoms with Crippen LogP contribution in [0, 0.1) is 0 Å². The molecule has 104 valence electrons. The summed E-state index contributed by atoms with van der Waals surface area (Å²) in [6.07, 6.45) is 4.79. The Kier molecular flexibility index (Phi) is 3.89. The van der Waals surface area contributed by atoms with Gasteiger partial charge < -0.3 is 9.80 Å². The standard InChI is InChI=1S/C15H18N4S/c1-18(2)10-5-11-19-14-12(6-3-8-16-14)20-13-7-4-9-17-15(13)19/h3-4,6-9H,5,10-11H2,1-2H3. The minimum Gasteiger partial charge on any atom is -0.309 e. The SMILES string of the molecule is CN(C)CCCN1c2ncccc2Sc2cccnc21.